The van der Waals surface area contributed by atoms with Crippen LogP contribution in [0.4, 0.5) is 0 Å². The van der Waals surface area contributed by atoms with Gasteiger partial charge in [0.25, 0.3) is 11.8 Å². The topological polar surface area (TPSA) is 65.5 Å². The first kappa shape index (κ1) is 13.6. The summed E-state index contributed by atoms with van der Waals surface area (Å²) in [5.74, 6) is -0.127. The number of fused-ring (bicyclic) bond motifs is 4. The van der Waals surface area contributed by atoms with Crippen molar-refractivity contribution in [2.24, 2.45) is 34.2 Å². The average molecular weight is 331 g/mol. The highest BCUT2D eigenvalue weighted by atomic mass is 16.2. The number of aromatic amines is 1. The lowest BCUT2D eigenvalue weighted by Gasteiger charge is -2.18. The summed E-state index contributed by atoms with van der Waals surface area (Å²) in [6, 6.07) is 7.91. The quantitative estimate of drug-likeness (QED) is 0.522. The zero-order valence-electron chi connectivity index (χ0n) is 13.6. The molecule has 4 atom stereocenters. The molecule has 5 heteroatoms. The number of hydrogen-bond acceptors (Lipinski definition) is 3. The number of carbonyl (C=O) groups excluding carboxylic acids is 2. The van der Waals surface area contributed by atoms with Crippen molar-refractivity contribution in [3.05, 3.63) is 48.2 Å². The molecule has 2 bridgehead atoms. The third-order valence-electron chi connectivity index (χ3n) is 6.76. The largest absolute Gasteiger partial charge is 0.361 e. The van der Waals surface area contributed by atoms with E-state index in [0.717, 1.165) is 34.3 Å². The number of hydrazone groups is 1. The van der Waals surface area contributed by atoms with Crippen LogP contribution in [-0.4, -0.2) is 28.0 Å². The minimum Gasteiger partial charge on any atom is -0.361 e. The lowest BCUT2D eigenvalue weighted by Crippen LogP contribution is -2.30. The number of nitrogens with one attached hydrogen (secondary N) is 1. The van der Waals surface area contributed by atoms with Crippen LogP contribution in [0.15, 0.2) is 47.7 Å². The van der Waals surface area contributed by atoms with Crippen LogP contribution in [-0.2, 0) is 9.59 Å². The molecule has 2 amide bonds. The summed E-state index contributed by atoms with van der Waals surface area (Å²) in [6.07, 6.45) is 10.1. The Hall–Kier alpha value is -2.69. The number of hydrogen-bond donors (Lipinski definition) is 1. The molecule has 1 saturated heterocycles. The summed E-state index contributed by atoms with van der Waals surface area (Å²) in [4.78, 5) is 28.9. The number of imide groups is 1. The highest BCUT2D eigenvalue weighted by Crippen LogP contribution is 2.73. The highest BCUT2D eigenvalue weighted by molar-refractivity contribution is 6.08. The Morgan fingerprint density at radius 3 is 2.44 bits per heavy atom. The summed E-state index contributed by atoms with van der Waals surface area (Å²) in [5.41, 5.74) is 2.12. The van der Waals surface area contributed by atoms with Gasteiger partial charge in [-0.2, -0.15) is 10.1 Å². The fraction of sp³-hybridized carbons (Fsp3) is 0.350. The summed E-state index contributed by atoms with van der Waals surface area (Å²) < 4.78 is 0. The standard InChI is InChI=1S/C20H17N3O2/c24-18-16-13-5-6-14(20(13)7-8-20)17(16)19(25)23(18)22-10-11-9-21-15-4-2-1-3-12(11)15/h1-6,9-10,13-14,16-17,21H,7-8H2/b22-10+/t13-,14+,16-,17-/m0/s1. The number of rotatable bonds is 2. The molecular weight excluding hydrogens is 314 g/mol. The molecule has 2 aromatic rings. The van der Waals surface area contributed by atoms with Crippen molar-refractivity contribution < 1.29 is 9.59 Å². The van der Waals surface area contributed by atoms with E-state index in [1.165, 1.54) is 0 Å². The van der Waals surface area contributed by atoms with E-state index in [1.807, 2.05) is 30.5 Å². The van der Waals surface area contributed by atoms with E-state index in [-0.39, 0.29) is 40.9 Å². The second kappa shape index (κ2) is 4.28. The van der Waals surface area contributed by atoms with Crippen LogP contribution >= 0.6 is 0 Å². The number of benzene rings is 1. The van der Waals surface area contributed by atoms with Crippen LogP contribution in [0.2, 0.25) is 0 Å². The van der Waals surface area contributed by atoms with Crippen LogP contribution in [0.3, 0.4) is 0 Å². The minimum absolute atomic E-state index is 0.116. The minimum atomic E-state index is -0.190. The molecule has 4 aliphatic rings. The smallest absolute Gasteiger partial charge is 0.254 e. The number of H-pyrrole nitrogens is 1. The molecule has 1 aromatic carbocycles. The number of aromatic nitrogens is 1. The molecule has 124 valence electrons. The van der Waals surface area contributed by atoms with E-state index in [9.17, 15) is 9.59 Å². The molecule has 5 nitrogen and oxygen atoms in total. The van der Waals surface area contributed by atoms with Gasteiger partial charge in [-0.3, -0.25) is 9.59 Å². The van der Waals surface area contributed by atoms with Crippen molar-refractivity contribution in [3.63, 3.8) is 0 Å². The SMILES string of the molecule is O=C1[C@@H]2[C@@H](C(=O)N1/N=C/c1c[nH]c3ccccc13)[C@@H]1C=C[C@H]2C12CC2. The van der Waals surface area contributed by atoms with Crippen LogP contribution in [0, 0.1) is 29.1 Å². The number of para-hydroxylation sites is 1. The molecule has 1 N–H and O–H groups in total. The summed E-state index contributed by atoms with van der Waals surface area (Å²) >= 11 is 0. The second-order valence-corrected chi connectivity index (χ2v) is 7.74. The fourth-order valence-electron chi connectivity index (χ4n) is 5.50. The predicted molar refractivity (Wildman–Crippen MR) is 92.5 cm³/mol. The normalized spacial score (nSPS) is 34.2. The first-order chi connectivity index (χ1) is 12.2. The molecule has 1 spiro atoms. The Morgan fingerprint density at radius 2 is 1.76 bits per heavy atom. The van der Waals surface area contributed by atoms with Gasteiger partial charge in [0.05, 0.1) is 18.1 Å². The van der Waals surface area contributed by atoms with Gasteiger partial charge in [-0.1, -0.05) is 30.4 Å². The lowest BCUT2D eigenvalue weighted by molar-refractivity contribution is -0.141. The van der Waals surface area contributed by atoms with Gasteiger partial charge in [0.2, 0.25) is 0 Å². The van der Waals surface area contributed by atoms with E-state index < -0.39 is 0 Å². The maximum atomic E-state index is 12.9. The number of nitrogens with zero attached hydrogens (tertiary/aromatic N) is 2. The van der Waals surface area contributed by atoms with Gasteiger partial charge < -0.3 is 4.98 Å². The van der Waals surface area contributed by atoms with Gasteiger partial charge in [0.1, 0.15) is 0 Å². The van der Waals surface area contributed by atoms with E-state index in [0.29, 0.717) is 0 Å². The van der Waals surface area contributed by atoms with Crippen molar-refractivity contribution in [1.29, 1.82) is 0 Å². The maximum absolute atomic E-state index is 12.9. The van der Waals surface area contributed by atoms with Crippen LogP contribution in [0.5, 0.6) is 0 Å². The first-order valence-electron chi connectivity index (χ1n) is 8.87. The van der Waals surface area contributed by atoms with Crippen molar-refractivity contribution in [1.82, 2.24) is 9.99 Å². The summed E-state index contributed by atoms with van der Waals surface area (Å²) in [6.45, 7) is 0. The lowest BCUT2D eigenvalue weighted by atomic mass is 9.85. The van der Waals surface area contributed by atoms with E-state index in [2.05, 4.69) is 22.2 Å². The second-order valence-electron chi connectivity index (χ2n) is 7.74. The molecule has 6 rings (SSSR count). The highest BCUT2D eigenvalue weighted by Gasteiger charge is 2.73. The van der Waals surface area contributed by atoms with Crippen LogP contribution in [0.25, 0.3) is 10.9 Å². The van der Waals surface area contributed by atoms with Crippen molar-refractivity contribution in [2.75, 3.05) is 0 Å². The number of carbonyl (C=O) groups is 2. The van der Waals surface area contributed by atoms with Crippen molar-refractivity contribution in [3.8, 4) is 0 Å². The molecule has 1 aromatic heterocycles. The zero-order chi connectivity index (χ0) is 16.8. The van der Waals surface area contributed by atoms with E-state index in [4.69, 9.17) is 0 Å². The zero-order valence-corrected chi connectivity index (χ0v) is 13.6. The third kappa shape index (κ3) is 1.52. The molecule has 2 saturated carbocycles. The Bertz CT molecular complexity index is 963. The molecular formula is C20H17N3O2. The van der Waals surface area contributed by atoms with E-state index in [1.54, 1.807) is 6.21 Å². The van der Waals surface area contributed by atoms with Gasteiger partial charge in [-0.25, -0.2) is 0 Å². The average Bonchev–Trinajstić information content (AvgIpc) is 3.00. The third-order valence-corrected chi connectivity index (χ3v) is 6.76. The molecule has 0 radical (unpaired) electrons. The molecule has 3 fully saturated rings. The van der Waals surface area contributed by atoms with Crippen LogP contribution in [0.1, 0.15) is 18.4 Å². The van der Waals surface area contributed by atoms with Gasteiger partial charge in [-0.15, -0.1) is 0 Å². The predicted octanol–water partition coefficient (Wildman–Crippen LogP) is 2.70. The molecule has 1 aliphatic heterocycles. The summed E-state index contributed by atoms with van der Waals surface area (Å²) in [5, 5.41) is 6.44. The number of amides is 2. The Labute approximate surface area is 144 Å². The summed E-state index contributed by atoms with van der Waals surface area (Å²) in [7, 11) is 0. The first-order valence-corrected chi connectivity index (χ1v) is 8.87. The Morgan fingerprint density at radius 1 is 1.08 bits per heavy atom. The van der Waals surface area contributed by atoms with Gasteiger partial charge in [0, 0.05) is 22.7 Å². The van der Waals surface area contributed by atoms with E-state index >= 15 is 0 Å². The number of allylic oxidation sites excluding steroid dienone is 2. The van der Waals surface area contributed by atoms with Crippen molar-refractivity contribution >= 4 is 28.9 Å². The van der Waals surface area contributed by atoms with Crippen LogP contribution < -0.4 is 0 Å². The Kier molecular flexibility index (Phi) is 2.33. The molecule has 2 heterocycles. The van der Waals surface area contributed by atoms with Crippen molar-refractivity contribution in [2.45, 2.75) is 12.8 Å². The Balaban J connectivity index is 1.34. The molecule has 25 heavy (non-hydrogen) atoms. The monoisotopic (exact) mass is 331 g/mol. The molecule has 3 aliphatic carbocycles. The van der Waals surface area contributed by atoms with Gasteiger partial charge in [0.15, 0.2) is 0 Å². The fourth-order valence-corrected chi connectivity index (χ4v) is 5.50. The molecule has 0 unspecified atom stereocenters. The van der Waals surface area contributed by atoms with Gasteiger partial charge in [-0.05, 0) is 36.2 Å². The maximum Gasteiger partial charge on any atom is 0.254 e. The van der Waals surface area contributed by atoms with Gasteiger partial charge >= 0.3 is 0 Å².